The average molecular weight is 426 g/mol. The molecule has 0 aromatic heterocycles. The monoisotopic (exact) mass is 425 g/mol. The van der Waals surface area contributed by atoms with Crippen LogP contribution in [0.3, 0.4) is 0 Å². The molecule has 1 N–H and O–H groups in total. The second kappa shape index (κ2) is 10.2. The molecule has 1 fully saturated rings. The van der Waals surface area contributed by atoms with Crippen molar-refractivity contribution in [1.29, 1.82) is 5.26 Å². The van der Waals surface area contributed by atoms with E-state index in [0.717, 1.165) is 18.9 Å². The zero-order valence-corrected chi connectivity index (χ0v) is 15.9. The number of carbonyl (C=O) groups excluding carboxylic acids is 2. The van der Waals surface area contributed by atoms with Crippen molar-refractivity contribution >= 4 is 27.7 Å². The second-order valence-electron chi connectivity index (χ2n) is 5.97. The summed E-state index contributed by atoms with van der Waals surface area (Å²) in [5.74, 6) is -1.05. The van der Waals surface area contributed by atoms with E-state index in [9.17, 15) is 14.0 Å². The molecule has 0 atom stereocenters. The zero-order valence-electron chi connectivity index (χ0n) is 14.3. The Balaban J connectivity index is 1.89. The minimum absolute atomic E-state index is 0.0673. The summed E-state index contributed by atoms with van der Waals surface area (Å²) in [7, 11) is 0. The van der Waals surface area contributed by atoms with Gasteiger partial charge in [0, 0.05) is 43.2 Å². The Morgan fingerprint density at radius 2 is 2.12 bits per heavy atom. The van der Waals surface area contributed by atoms with E-state index in [1.54, 1.807) is 4.90 Å². The SMILES string of the molecule is N#CCCN(C(=O)CCNC(=O)c1cc(F)ccc1Br)C1CCOCC1. The van der Waals surface area contributed by atoms with Crippen LogP contribution in [-0.4, -0.2) is 49.1 Å². The van der Waals surface area contributed by atoms with Crippen LogP contribution in [0.15, 0.2) is 22.7 Å². The summed E-state index contributed by atoms with van der Waals surface area (Å²) < 4.78 is 19.1. The molecule has 1 aromatic carbocycles. The average Bonchev–Trinajstić information content (AvgIpc) is 2.64. The summed E-state index contributed by atoms with van der Waals surface area (Å²) in [6.45, 7) is 1.73. The number of nitrogens with one attached hydrogen (secondary N) is 1. The summed E-state index contributed by atoms with van der Waals surface area (Å²) in [5, 5.41) is 11.5. The first-order chi connectivity index (χ1) is 12.5. The number of nitrogens with zero attached hydrogens (tertiary/aromatic N) is 2. The molecule has 2 rings (SSSR count). The van der Waals surface area contributed by atoms with Gasteiger partial charge in [0.25, 0.3) is 5.91 Å². The van der Waals surface area contributed by atoms with Gasteiger partial charge in [-0.1, -0.05) is 0 Å². The fraction of sp³-hybridized carbons (Fsp3) is 0.500. The lowest BCUT2D eigenvalue weighted by atomic mass is 10.1. The Morgan fingerprint density at radius 1 is 1.38 bits per heavy atom. The number of rotatable bonds is 7. The largest absolute Gasteiger partial charge is 0.381 e. The van der Waals surface area contributed by atoms with Gasteiger partial charge in [0.1, 0.15) is 5.82 Å². The zero-order chi connectivity index (χ0) is 18.9. The van der Waals surface area contributed by atoms with E-state index >= 15 is 0 Å². The smallest absolute Gasteiger partial charge is 0.252 e. The van der Waals surface area contributed by atoms with Gasteiger partial charge in [-0.15, -0.1) is 0 Å². The first-order valence-corrected chi connectivity index (χ1v) is 9.29. The second-order valence-corrected chi connectivity index (χ2v) is 6.82. The molecule has 26 heavy (non-hydrogen) atoms. The molecule has 6 nitrogen and oxygen atoms in total. The molecule has 0 saturated carbocycles. The van der Waals surface area contributed by atoms with Crippen molar-refractivity contribution in [3.05, 3.63) is 34.1 Å². The number of hydrogen-bond acceptors (Lipinski definition) is 4. The third-order valence-electron chi connectivity index (χ3n) is 4.21. The number of benzene rings is 1. The minimum atomic E-state index is -0.503. The maximum absolute atomic E-state index is 13.3. The van der Waals surface area contributed by atoms with Crippen molar-refractivity contribution in [3.8, 4) is 6.07 Å². The van der Waals surface area contributed by atoms with Crippen LogP contribution < -0.4 is 5.32 Å². The molecule has 1 aliphatic rings. The number of halogens is 2. The minimum Gasteiger partial charge on any atom is -0.381 e. The number of amides is 2. The fourth-order valence-corrected chi connectivity index (χ4v) is 3.30. The van der Waals surface area contributed by atoms with Crippen molar-refractivity contribution in [1.82, 2.24) is 10.2 Å². The van der Waals surface area contributed by atoms with Crippen LogP contribution in [0.2, 0.25) is 0 Å². The number of nitriles is 1. The van der Waals surface area contributed by atoms with Crippen LogP contribution in [0, 0.1) is 17.1 Å². The maximum Gasteiger partial charge on any atom is 0.252 e. The standard InChI is InChI=1S/C18H21BrFN3O3/c19-16-3-2-13(20)12-15(16)18(25)22-8-4-17(24)23(9-1-7-21)14-5-10-26-11-6-14/h2-3,12,14H,1,4-6,8-11H2,(H,22,25). The van der Waals surface area contributed by atoms with Crippen molar-refractivity contribution in [2.24, 2.45) is 0 Å². The van der Waals surface area contributed by atoms with Crippen LogP contribution in [0.25, 0.3) is 0 Å². The van der Waals surface area contributed by atoms with E-state index in [1.165, 1.54) is 12.1 Å². The molecule has 0 unspecified atom stereocenters. The van der Waals surface area contributed by atoms with Gasteiger partial charge >= 0.3 is 0 Å². The summed E-state index contributed by atoms with van der Waals surface area (Å²) in [6.07, 6.45) is 1.90. The van der Waals surface area contributed by atoms with E-state index in [4.69, 9.17) is 10.00 Å². The van der Waals surface area contributed by atoms with Gasteiger partial charge in [-0.05, 0) is 47.0 Å². The van der Waals surface area contributed by atoms with Crippen LogP contribution in [0.1, 0.15) is 36.0 Å². The van der Waals surface area contributed by atoms with Crippen molar-refractivity contribution in [2.45, 2.75) is 31.7 Å². The lowest BCUT2D eigenvalue weighted by molar-refractivity contribution is -0.135. The molecule has 0 aliphatic carbocycles. The Kier molecular flexibility index (Phi) is 8.01. The molecule has 1 aliphatic heterocycles. The Morgan fingerprint density at radius 3 is 2.81 bits per heavy atom. The molecule has 0 radical (unpaired) electrons. The molecule has 0 spiro atoms. The Hall–Kier alpha value is -1.98. The highest BCUT2D eigenvalue weighted by Crippen LogP contribution is 2.18. The summed E-state index contributed by atoms with van der Waals surface area (Å²) in [6, 6.07) is 5.99. The van der Waals surface area contributed by atoms with Gasteiger partial charge in [-0.25, -0.2) is 4.39 Å². The van der Waals surface area contributed by atoms with Gasteiger partial charge < -0.3 is 15.0 Å². The first-order valence-electron chi connectivity index (χ1n) is 8.50. The highest BCUT2D eigenvalue weighted by molar-refractivity contribution is 9.10. The summed E-state index contributed by atoms with van der Waals surface area (Å²) >= 11 is 3.21. The molecule has 1 saturated heterocycles. The van der Waals surface area contributed by atoms with Gasteiger partial charge in [0.05, 0.1) is 18.1 Å². The molecule has 1 heterocycles. The van der Waals surface area contributed by atoms with Crippen LogP contribution >= 0.6 is 15.9 Å². The molecular formula is C18H21BrFN3O3. The van der Waals surface area contributed by atoms with Gasteiger partial charge in [-0.2, -0.15) is 5.26 Å². The van der Waals surface area contributed by atoms with E-state index in [0.29, 0.717) is 24.2 Å². The topological polar surface area (TPSA) is 82.4 Å². The lowest BCUT2D eigenvalue weighted by Crippen LogP contribution is -2.44. The fourth-order valence-electron chi connectivity index (χ4n) is 2.87. The third kappa shape index (κ3) is 5.78. The quantitative estimate of drug-likeness (QED) is 0.727. The Bertz CT molecular complexity index is 687. The van der Waals surface area contributed by atoms with Crippen molar-refractivity contribution in [2.75, 3.05) is 26.3 Å². The van der Waals surface area contributed by atoms with E-state index in [2.05, 4.69) is 27.3 Å². The van der Waals surface area contributed by atoms with Gasteiger partial charge in [0.15, 0.2) is 0 Å². The predicted octanol–water partition coefficient (Wildman–Crippen LogP) is 2.63. The number of carbonyl (C=O) groups is 2. The molecule has 0 bridgehead atoms. The lowest BCUT2D eigenvalue weighted by Gasteiger charge is -2.34. The maximum atomic E-state index is 13.3. The van der Waals surface area contributed by atoms with Crippen molar-refractivity contribution in [3.63, 3.8) is 0 Å². The van der Waals surface area contributed by atoms with E-state index in [-0.39, 0.29) is 36.9 Å². The third-order valence-corrected chi connectivity index (χ3v) is 4.91. The predicted molar refractivity (Wildman–Crippen MR) is 96.8 cm³/mol. The summed E-state index contributed by atoms with van der Waals surface area (Å²) in [4.78, 5) is 26.4. The van der Waals surface area contributed by atoms with E-state index < -0.39 is 11.7 Å². The highest BCUT2D eigenvalue weighted by atomic mass is 79.9. The van der Waals surface area contributed by atoms with Gasteiger partial charge in [-0.3, -0.25) is 9.59 Å². The molecule has 8 heteroatoms. The molecule has 1 aromatic rings. The first kappa shape index (κ1) is 20.3. The van der Waals surface area contributed by atoms with Crippen LogP contribution in [0.5, 0.6) is 0 Å². The van der Waals surface area contributed by atoms with Gasteiger partial charge in [0.2, 0.25) is 5.91 Å². The van der Waals surface area contributed by atoms with E-state index in [1.807, 2.05) is 0 Å². The number of hydrogen-bond donors (Lipinski definition) is 1. The Labute approximate surface area is 160 Å². The van der Waals surface area contributed by atoms with Crippen molar-refractivity contribution < 1.29 is 18.7 Å². The van der Waals surface area contributed by atoms with Crippen LogP contribution in [-0.2, 0) is 9.53 Å². The van der Waals surface area contributed by atoms with Crippen LogP contribution in [0.4, 0.5) is 4.39 Å². The highest BCUT2D eigenvalue weighted by Gasteiger charge is 2.25. The number of ether oxygens (including phenoxy) is 1. The normalized spacial score (nSPS) is 14.5. The molecule has 2 amide bonds. The molecule has 140 valence electrons. The molecular weight excluding hydrogens is 405 g/mol. The summed E-state index contributed by atoms with van der Waals surface area (Å²) in [5.41, 5.74) is 0.184.